The van der Waals surface area contributed by atoms with Gasteiger partial charge in [-0.2, -0.15) is 4.98 Å². The quantitative estimate of drug-likeness (QED) is 0.862. The fourth-order valence-electron chi connectivity index (χ4n) is 1.57. The molecule has 1 aromatic carbocycles. The molecule has 0 spiro atoms. The molecule has 2 N–H and O–H groups in total. The Bertz CT molecular complexity index is 494. The van der Waals surface area contributed by atoms with Gasteiger partial charge in [0.1, 0.15) is 0 Å². The Hall–Kier alpha value is -1.68. The summed E-state index contributed by atoms with van der Waals surface area (Å²) >= 11 is 0. The van der Waals surface area contributed by atoms with E-state index in [1.54, 1.807) is 0 Å². The van der Waals surface area contributed by atoms with E-state index in [9.17, 15) is 0 Å². The summed E-state index contributed by atoms with van der Waals surface area (Å²) in [4.78, 5) is 4.19. The lowest BCUT2D eigenvalue weighted by Crippen LogP contribution is -2.10. The zero-order valence-corrected chi connectivity index (χ0v) is 10.4. The van der Waals surface area contributed by atoms with Crippen LogP contribution in [0.3, 0.4) is 0 Å². The second kappa shape index (κ2) is 4.30. The molecule has 2 aromatic rings. The van der Waals surface area contributed by atoms with Crippen molar-refractivity contribution in [1.82, 2.24) is 10.1 Å². The predicted octanol–water partition coefficient (Wildman–Crippen LogP) is 2.49. The van der Waals surface area contributed by atoms with Gasteiger partial charge in [0.05, 0.1) is 6.54 Å². The van der Waals surface area contributed by atoms with E-state index < -0.39 is 0 Å². The molecular formula is C13H17N3O. The van der Waals surface area contributed by atoms with Crippen LogP contribution in [0.1, 0.15) is 32.2 Å². The van der Waals surface area contributed by atoms with E-state index in [1.807, 2.05) is 12.1 Å². The van der Waals surface area contributed by atoms with Crippen molar-refractivity contribution in [2.45, 2.75) is 32.7 Å². The van der Waals surface area contributed by atoms with Crippen LogP contribution in [0, 0.1) is 0 Å². The highest BCUT2D eigenvalue weighted by Gasteiger charge is 2.14. The zero-order valence-electron chi connectivity index (χ0n) is 10.4. The first-order valence-corrected chi connectivity index (χ1v) is 5.64. The predicted molar refractivity (Wildman–Crippen MR) is 66.3 cm³/mol. The van der Waals surface area contributed by atoms with E-state index in [4.69, 9.17) is 10.3 Å². The van der Waals surface area contributed by atoms with Crippen LogP contribution < -0.4 is 5.73 Å². The number of nitrogens with two attached hydrogens (primary N) is 1. The maximum atomic E-state index is 5.43. The second-order valence-electron chi connectivity index (χ2n) is 5.04. The molecule has 0 fully saturated rings. The topological polar surface area (TPSA) is 64.9 Å². The minimum Gasteiger partial charge on any atom is -0.338 e. The molecule has 4 nitrogen and oxygen atoms in total. The summed E-state index contributed by atoms with van der Waals surface area (Å²) in [6.45, 7) is 6.82. The molecule has 90 valence electrons. The highest BCUT2D eigenvalue weighted by molar-refractivity contribution is 5.55. The van der Waals surface area contributed by atoms with Crippen LogP contribution in [0.4, 0.5) is 0 Å². The van der Waals surface area contributed by atoms with E-state index in [2.05, 4.69) is 43.0 Å². The molecule has 1 heterocycles. The van der Waals surface area contributed by atoms with Gasteiger partial charge in [-0.1, -0.05) is 50.2 Å². The molecule has 0 radical (unpaired) electrons. The first-order valence-electron chi connectivity index (χ1n) is 5.64. The van der Waals surface area contributed by atoms with Gasteiger partial charge < -0.3 is 10.3 Å². The van der Waals surface area contributed by atoms with Crippen molar-refractivity contribution in [3.05, 3.63) is 35.7 Å². The third kappa shape index (κ3) is 2.53. The Labute approximate surface area is 101 Å². The number of nitrogens with zero attached hydrogens (tertiary/aromatic N) is 2. The molecule has 0 aliphatic rings. The van der Waals surface area contributed by atoms with Gasteiger partial charge in [-0.3, -0.25) is 0 Å². The van der Waals surface area contributed by atoms with Crippen LogP contribution in [0.2, 0.25) is 0 Å². The lowest BCUT2D eigenvalue weighted by atomic mass is 9.87. The van der Waals surface area contributed by atoms with Crippen molar-refractivity contribution in [1.29, 1.82) is 0 Å². The Morgan fingerprint density at radius 1 is 1.18 bits per heavy atom. The van der Waals surface area contributed by atoms with E-state index in [1.165, 1.54) is 5.56 Å². The summed E-state index contributed by atoms with van der Waals surface area (Å²) in [5, 5.41) is 3.88. The molecule has 0 saturated heterocycles. The third-order valence-electron chi connectivity index (χ3n) is 2.65. The molecule has 0 unspecified atom stereocenters. The van der Waals surface area contributed by atoms with Crippen LogP contribution in [-0.2, 0) is 12.0 Å². The summed E-state index contributed by atoms with van der Waals surface area (Å²) < 4.78 is 4.98. The molecular weight excluding hydrogens is 214 g/mol. The van der Waals surface area contributed by atoms with Crippen molar-refractivity contribution in [2.24, 2.45) is 5.73 Å². The number of aromatic nitrogens is 2. The van der Waals surface area contributed by atoms with Crippen LogP contribution in [0.15, 0.2) is 28.8 Å². The highest BCUT2D eigenvalue weighted by Crippen LogP contribution is 2.24. The first-order chi connectivity index (χ1) is 8.00. The molecule has 0 aliphatic heterocycles. The van der Waals surface area contributed by atoms with E-state index in [-0.39, 0.29) is 12.0 Å². The minimum atomic E-state index is 0.151. The molecule has 1 aromatic heterocycles. The number of rotatable bonds is 2. The van der Waals surface area contributed by atoms with Gasteiger partial charge in [-0.25, -0.2) is 0 Å². The number of benzene rings is 1. The van der Waals surface area contributed by atoms with Crippen molar-refractivity contribution >= 4 is 0 Å². The van der Waals surface area contributed by atoms with Crippen molar-refractivity contribution < 1.29 is 4.52 Å². The van der Waals surface area contributed by atoms with Gasteiger partial charge in [-0.15, -0.1) is 0 Å². The Balaban J connectivity index is 2.29. The van der Waals surface area contributed by atoms with E-state index in [0.29, 0.717) is 11.7 Å². The van der Waals surface area contributed by atoms with Crippen molar-refractivity contribution in [3.8, 4) is 11.4 Å². The second-order valence-corrected chi connectivity index (χ2v) is 5.04. The fourth-order valence-corrected chi connectivity index (χ4v) is 1.57. The third-order valence-corrected chi connectivity index (χ3v) is 2.65. The summed E-state index contributed by atoms with van der Waals surface area (Å²) in [5.74, 6) is 1.05. The molecule has 0 aliphatic carbocycles. The molecule has 17 heavy (non-hydrogen) atoms. The van der Waals surface area contributed by atoms with Gasteiger partial charge >= 0.3 is 0 Å². The summed E-state index contributed by atoms with van der Waals surface area (Å²) in [7, 11) is 0. The smallest absolute Gasteiger partial charge is 0.240 e. The van der Waals surface area contributed by atoms with Gasteiger partial charge in [0.15, 0.2) is 0 Å². The molecule has 4 heteroatoms. The molecule has 2 rings (SSSR count). The highest BCUT2D eigenvalue weighted by atomic mass is 16.5. The minimum absolute atomic E-state index is 0.151. The average Bonchev–Trinajstić information content (AvgIpc) is 2.76. The lowest BCUT2D eigenvalue weighted by Gasteiger charge is -2.18. The zero-order chi connectivity index (χ0) is 12.5. The molecule has 0 bridgehead atoms. The van der Waals surface area contributed by atoms with Gasteiger partial charge in [0, 0.05) is 5.56 Å². The van der Waals surface area contributed by atoms with Gasteiger partial charge in [0.2, 0.25) is 11.7 Å². The molecule has 0 atom stereocenters. The molecule has 0 amide bonds. The van der Waals surface area contributed by atoms with E-state index >= 15 is 0 Å². The summed E-state index contributed by atoms with van der Waals surface area (Å²) in [5.41, 5.74) is 7.80. The molecule has 0 saturated carbocycles. The normalized spacial score (nSPS) is 11.8. The van der Waals surface area contributed by atoms with Crippen LogP contribution in [0.5, 0.6) is 0 Å². The maximum absolute atomic E-state index is 5.43. The van der Waals surface area contributed by atoms with Crippen LogP contribution >= 0.6 is 0 Å². The van der Waals surface area contributed by atoms with Gasteiger partial charge in [-0.05, 0) is 11.0 Å². The monoisotopic (exact) mass is 231 g/mol. The lowest BCUT2D eigenvalue weighted by molar-refractivity contribution is 0.380. The average molecular weight is 231 g/mol. The Kier molecular flexibility index (Phi) is 2.98. The Morgan fingerprint density at radius 3 is 2.29 bits per heavy atom. The largest absolute Gasteiger partial charge is 0.338 e. The van der Waals surface area contributed by atoms with Crippen molar-refractivity contribution in [2.75, 3.05) is 0 Å². The summed E-state index contributed by atoms with van der Waals surface area (Å²) in [6, 6.07) is 8.19. The number of hydrogen-bond acceptors (Lipinski definition) is 4. The van der Waals surface area contributed by atoms with Crippen molar-refractivity contribution in [3.63, 3.8) is 0 Å². The Morgan fingerprint density at radius 2 is 1.82 bits per heavy atom. The van der Waals surface area contributed by atoms with E-state index in [0.717, 1.165) is 5.56 Å². The van der Waals surface area contributed by atoms with Gasteiger partial charge in [0.25, 0.3) is 0 Å². The van der Waals surface area contributed by atoms with Crippen LogP contribution in [0.25, 0.3) is 11.4 Å². The standard InChI is InChI=1S/C13H17N3O/c1-13(2,3)10-6-4-9(5-7-10)12-15-11(8-14)17-16-12/h4-7H,8,14H2,1-3H3. The SMILES string of the molecule is CC(C)(C)c1ccc(-c2noc(CN)n2)cc1. The summed E-state index contributed by atoms with van der Waals surface area (Å²) in [6.07, 6.45) is 0. The fraction of sp³-hybridized carbons (Fsp3) is 0.385. The maximum Gasteiger partial charge on any atom is 0.240 e. The van der Waals surface area contributed by atoms with Crippen LogP contribution in [-0.4, -0.2) is 10.1 Å². The first kappa shape index (κ1) is 11.8. The number of hydrogen-bond donors (Lipinski definition) is 1.